The van der Waals surface area contributed by atoms with Crippen LogP contribution in [-0.4, -0.2) is 41.6 Å². The number of likely N-dealkylation sites (tertiary alicyclic amines) is 1. The lowest BCUT2D eigenvalue weighted by Gasteiger charge is -2.45. The molecule has 3 heteroatoms. The molecular formula is C13H26N2S. The number of thioether (sulfide) groups is 1. The zero-order valence-corrected chi connectivity index (χ0v) is 11.7. The van der Waals surface area contributed by atoms with Gasteiger partial charge in [-0.25, -0.2) is 0 Å². The number of nitrogens with two attached hydrogens (primary N) is 1. The molecule has 16 heavy (non-hydrogen) atoms. The fraction of sp³-hybridized carbons (Fsp3) is 1.00. The largest absolute Gasteiger partial charge is 0.330 e. The van der Waals surface area contributed by atoms with Crippen molar-refractivity contribution >= 4 is 11.8 Å². The molecular weight excluding hydrogens is 216 g/mol. The Balaban J connectivity index is 2.06. The summed E-state index contributed by atoms with van der Waals surface area (Å²) in [4.78, 5) is 2.74. The Morgan fingerprint density at radius 3 is 2.75 bits per heavy atom. The van der Waals surface area contributed by atoms with Crippen LogP contribution in [0.4, 0.5) is 0 Å². The van der Waals surface area contributed by atoms with E-state index in [9.17, 15) is 0 Å². The Morgan fingerprint density at radius 2 is 2.19 bits per heavy atom. The van der Waals surface area contributed by atoms with Crippen molar-refractivity contribution in [2.45, 2.75) is 45.7 Å². The second-order valence-corrected chi connectivity index (χ2v) is 7.36. The molecule has 2 heterocycles. The third-order valence-electron chi connectivity index (χ3n) is 4.51. The Kier molecular flexibility index (Phi) is 3.87. The van der Waals surface area contributed by atoms with E-state index in [0.29, 0.717) is 5.41 Å². The SMILES string of the molecule is CC1CC(CN)CN1C1CSCCC1(C)C. The van der Waals surface area contributed by atoms with Gasteiger partial charge in [-0.1, -0.05) is 13.8 Å². The first-order valence-corrected chi connectivity index (χ1v) is 7.73. The highest BCUT2D eigenvalue weighted by Crippen LogP contribution is 2.40. The molecule has 2 N–H and O–H groups in total. The Bertz CT molecular complexity index is 242. The molecule has 0 aliphatic carbocycles. The molecule has 0 aromatic heterocycles. The highest BCUT2D eigenvalue weighted by Gasteiger charge is 2.41. The molecule has 0 radical (unpaired) electrons. The molecule has 3 atom stereocenters. The maximum atomic E-state index is 5.82. The summed E-state index contributed by atoms with van der Waals surface area (Å²) in [5.41, 5.74) is 6.31. The quantitative estimate of drug-likeness (QED) is 0.805. The minimum absolute atomic E-state index is 0.489. The van der Waals surface area contributed by atoms with Crippen molar-refractivity contribution in [2.75, 3.05) is 24.6 Å². The first-order valence-electron chi connectivity index (χ1n) is 6.58. The van der Waals surface area contributed by atoms with Gasteiger partial charge in [0.2, 0.25) is 0 Å². The van der Waals surface area contributed by atoms with E-state index >= 15 is 0 Å². The predicted octanol–water partition coefficient (Wildman–Crippen LogP) is 2.19. The van der Waals surface area contributed by atoms with Gasteiger partial charge in [0.05, 0.1) is 0 Å². The highest BCUT2D eigenvalue weighted by atomic mass is 32.2. The smallest absolute Gasteiger partial charge is 0.0240 e. The van der Waals surface area contributed by atoms with Crippen LogP contribution in [0.5, 0.6) is 0 Å². The average Bonchev–Trinajstić information content (AvgIpc) is 2.59. The standard InChI is InChI=1S/C13H26N2S/c1-10-6-11(7-14)8-15(10)12-9-16-5-4-13(12,2)3/h10-12H,4-9,14H2,1-3H3. The van der Waals surface area contributed by atoms with E-state index in [4.69, 9.17) is 5.73 Å². The first-order chi connectivity index (χ1) is 7.54. The van der Waals surface area contributed by atoms with Crippen molar-refractivity contribution < 1.29 is 0 Å². The molecule has 0 aromatic rings. The third-order valence-corrected chi connectivity index (χ3v) is 5.56. The molecule has 0 spiro atoms. The van der Waals surface area contributed by atoms with Crippen molar-refractivity contribution in [1.29, 1.82) is 0 Å². The van der Waals surface area contributed by atoms with Gasteiger partial charge in [-0.05, 0) is 43.4 Å². The zero-order valence-electron chi connectivity index (χ0n) is 10.9. The normalized spacial score (nSPS) is 40.1. The van der Waals surface area contributed by atoms with Gasteiger partial charge >= 0.3 is 0 Å². The summed E-state index contributed by atoms with van der Waals surface area (Å²) in [6, 6.07) is 1.49. The summed E-state index contributed by atoms with van der Waals surface area (Å²) in [6.07, 6.45) is 2.66. The van der Waals surface area contributed by atoms with Crippen LogP contribution in [-0.2, 0) is 0 Å². The molecule has 2 rings (SSSR count). The Morgan fingerprint density at radius 1 is 1.44 bits per heavy atom. The summed E-state index contributed by atoms with van der Waals surface area (Å²) in [6.45, 7) is 9.36. The van der Waals surface area contributed by atoms with E-state index in [1.54, 1.807) is 0 Å². The minimum Gasteiger partial charge on any atom is -0.330 e. The lowest BCUT2D eigenvalue weighted by atomic mass is 9.81. The summed E-state index contributed by atoms with van der Waals surface area (Å²) in [5.74, 6) is 3.39. The van der Waals surface area contributed by atoms with E-state index in [-0.39, 0.29) is 0 Å². The van der Waals surface area contributed by atoms with Gasteiger partial charge in [0.1, 0.15) is 0 Å². The second-order valence-electron chi connectivity index (χ2n) is 6.21. The van der Waals surface area contributed by atoms with Crippen molar-refractivity contribution in [3.63, 3.8) is 0 Å². The van der Waals surface area contributed by atoms with Gasteiger partial charge in [-0.2, -0.15) is 11.8 Å². The van der Waals surface area contributed by atoms with E-state index in [2.05, 4.69) is 37.4 Å². The van der Waals surface area contributed by atoms with Crippen molar-refractivity contribution in [3.05, 3.63) is 0 Å². The predicted molar refractivity (Wildman–Crippen MR) is 72.8 cm³/mol. The molecule has 2 aliphatic heterocycles. The summed E-state index contributed by atoms with van der Waals surface area (Å²) < 4.78 is 0. The lowest BCUT2D eigenvalue weighted by molar-refractivity contribution is 0.0898. The molecule has 0 amide bonds. The van der Waals surface area contributed by atoms with E-state index < -0.39 is 0 Å². The van der Waals surface area contributed by atoms with Gasteiger partial charge in [0.25, 0.3) is 0 Å². The molecule has 2 nitrogen and oxygen atoms in total. The van der Waals surface area contributed by atoms with Crippen LogP contribution in [0.2, 0.25) is 0 Å². The van der Waals surface area contributed by atoms with Crippen molar-refractivity contribution in [2.24, 2.45) is 17.1 Å². The Hall–Kier alpha value is 0.270. The maximum absolute atomic E-state index is 5.82. The fourth-order valence-electron chi connectivity index (χ4n) is 3.24. The molecule has 2 aliphatic rings. The molecule has 3 unspecified atom stereocenters. The molecule has 2 saturated heterocycles. The van der Waals surface area contributed by atoms with Crippen molar-refractivity contribution in [3.8, 4) is 0 Å². The average molecular weight is 242 g/mol. The van der Waals surface area contributed by atoms with Crippen LogP contribution in [0.1, 0.15) is 33.6 Å². The number of hydrogen-bond acceptors (Lipinski definition) is 3. The Labute approximate surface area is 104 Å². The number of rotatable bonds is 2. The minimum atomic E-state index is 0.489. The molecule has 0 bridgehead atoms. The van der Waals surface area contributed by atoms with E-state index in [1.165, 1.54) is 30.9 Å². The molecule has 0 aromatic carbocycles. The van der Waals surface area contributed by atoms with Gasteiger partial charge < -0.3 is 5.73 Å². The van der Waals surface area contributed by atoms with Crippen LogP contribution in [0.3, 0.4) is 0 Å². The lowest BCUT2D eigenvalue weighted by Crippen LogP contribution is -2.50. The number of nitrogens with zero attached hydrogens (tertiary/aromatic N) is 1. The zero-order chi connectivity index (χ0) is 11.8. The van der Waals surface area contributed by atoms with Crippen molar-refractivity contribution in [1.82, 2.24) is 4.90 Å². The molecule has 2 fully saturated rings. The summed E-state index contributed by atoms with van der Waals surface area (Å²) in [5, 5.41) is 0. The molecule has 0 saturated carbocycles. The van der Waals surface area contributed by atoms with E-state index in [0.717, 1.165) is 24.5 Å². The summed E-state index contributed by atoms with van der Waals surface area (Å²) in [7, 11) is 0. The van der Waals surface area contributed by atoms with Crippen LogP contribution < -0.4 is 5.73 Å². The van der Waals surface area contributed by atoms with Crippen LogP contribution in [0, 0.1) is 11.3 Å². The van der Waals surface area contributed by atoms with Gasteiger partial charge in [0, 0.05) is 24.4 Å². The van der Waals surface area contributed by atoms with Gasteiger partial charge in [-0.15, -0.1) is 0 Å². The van der Waals surface area contributed by atoms with E-state index in [1.807, 2.05) is 0 Å². The maximum Gasteiger partial charge on any atom is 0.0240 e. The highest BCUT2D eigenvalue weighted by molar-refractivity contribution is 7.99. The van der Waals surface area contributed by atoms with Gasteiger partial charge in [0.15, 0.2) is 0 Å². The van der Waals surface area contributed by atoms with Crippen LogP contribution in [0.15, 0.2) is 0 Å². The second kappa shape index (κ2) is 4.87. The first kappa shape index (κ1) is 12.7. The van der Waals surface area contributed by atoms with Crippen LogP contribution in [0.25, 0.3) is 0 Å². The fourth-order valence-corrected chi connectivity index (χ4v) is 4.95. The number of hydrogen-bond donors (Lipinski definition) is 1. The van der Waals surface area contributed by atoms with Crippen LogP contribution >= 0.6 is 11.8 Å². The van der Waals surface area contributed by atoms with Gasteiger partial charge in [-0.3, -0.25) is 4.90 Å². The topological polar surface area (TPSA) is 29.3 Å². The molecule has 94 valence electrons. The monoisotopic (exact) mass is 242 g/mol. The summed E-state index contributed by atoms with van der Waals surface area (Å²) >= 11 is 2.13. The third kappa shape index (κ3) is 2.41.